The van der Waals surface area contributed by atoms with Crippen LogP contribution in [0.5, 0.6) is 0 Å². The zero-order chi connectivity index (χ0) is 14.0. The second-order valence-electron chi connectivity index (χ2n) is 5.79. The minimum atomic E-state index is 0.146. The molecule has 3 atom stereocenters. The van der Waals surface area contributed by atoms with Crippen LogP contribution in [0.25, 0.3) is 0 Å². The van der Waals surface area contributed by atoms with Crippen LogP contribution in [0, 0.1) is 5.92 Å². The number of rotatable bonds is 4. The largest absolute Gasteiger partial charge is 0.374 e. The molecule has 0 aromatic carbocycles. The van der Waals surface area contributed by atoms with Crippen LogP contribution in [0.4, 0.5) is 0 Å². The van der Waals surface area contributed by atoms with Crippen LogP contribution in [0.3, 0.4) is 0 Å². The SMILES string of the molecule is CCc1nnsc1C(NC)C1CCOC2(CCSC2)C1. The van der Waals surface area contributed by atoms with Gasteiger partial charge in [-0.15, -0.1) is 5.10 Å². The third-order valence-corrected chi connectivity index (χ3v) is 6.66. The summed E-state index contributed by atoms with van der Waals surface area (Å²) in [5.41, 5.74) is 1.31. The summed E-state index contributed by atoms with van der Waals surface area (Å²) in [6.45, 7) is 3.06. The fourth-order valence-electron chi connectivity index (χ4n) is 3.49. The van der Waals surface area contributed by atoms with Gasteiger partial charge in [0, 0.05) is 18.4 Å². The molecule has 3 rings (SSSR count). The zero-order valence-electron chi connectivity index (χ0n) is 12.2. The first kappa shape index (κ1) is 14.8. The number of nitrogens with one attached hydrogen (secondary N) is 1. The van der Waals surface area contributed by atoms with E-state index < -0.39 is 0 Å². The van der Waals surface area contributed by atoms with E-state index in [0.717, 1.165) is 25.1 Å². The molecule has 1 spiro atoms. The molecule has 2 saturated heterocycles. The first-order valence-corrected chi connectivity index (χ1v) is 9.41. The Morgan fingerprint density at radius 3 is 3.15 bits per heavy atom. The van der Waals surface area contributed by atoms with Crippen molar-refractivity contribution in [1.29, 1.82) is 0 Å². The fraction of sp³-hybridized carbons (Fsp3) is 0.857. The topological polar surface area (TPSA) is 47.0 Å². The molecule has 1 aromatic rings. The van der Waals surface area contributed by atoms with E-state index in [2.05, 4.69) is 28.9 Å². The number of nitrogens with zero attached hydrogens (tertiary/aromatic N) is 2. The van der Waals surface area contributed by atoms with E-state index in [-0.39, 0.29) is 5.60 Å². The highest BCUT2D eigenvalue weighted by Crippen LogP contribution is 2.44. The summed E-state index contributed by atoms with van der Waals surface area (Å²) in [5, 5.41) is 7.80. The molecular formula is C14H23N3OS2. The van der Waals surface area contributed by atoms with Crippen molar-refractivity contribution in [2.24, 2.45) is 5.92 Å². The lowest BCUT2D eigenvalue weighted by molar-refractivity contribution is -0.0849. The zero-order valence-corrected chi connectivity index (χ0v) is 13.9. The Labute approximate surface area is 129 Å². The molecule has 1 N–H and O–H groups in total. The van der Waals surface area contributed by atoms with Gasteiger partial charge in [-0.1, -0.05) is 11.4 Å². The molecule has 4 nitrogen and oxygen atoms in total. The number of thioether (sulfide) groups is 1. The maximum absolute atomic E-state index is 6.15. The summed E-state index contributed by atoms with van der Waals surface area (Å²) in [6, 6.07) is 0.385. The molecule has 3 unspecified atom stereocenters. The first-order chi connectivity index (χ1) is 9.78. The van der Waals surface area contributed by atoms with E-state index in [9.17, 15) is 0 Å². The number of aryl methyl sites for hydroxylation is 1. The van der Waals surface area contributed by atoms with Crippen molar-refractivity contribution in [2.75, 3.05) is 25.2 Å². The fourth-order valence-corrected chi connectivity index (χ4v) is 5.81. The Balaban J connectivity index is 1.78. The maximum Gasteiger partial charge on any atom is 0.0801 e. The Kier molecular flexibility index (Phi) is 4.65. The Hall–Kier alpha value is -0.170. The molecule has 2 fully saturated rings. The smallest absolute Gasteiger partial charge is 0.0801 e. The van der Waals surface area contributed by atoms with E-state index in [4.69, 9.17) is 4.74 Å². The molecule has 0 saturated carbocycles. The highest BCUT2D eigenvalue weighted by Gasteiger charge is 2.43. The van der Waals surface area contributed by atoms with E-state index in [1.807, 2.05) is 11.8 Å². The van der Waals surface area contributed by atoms with Crippen molar-refractivity contribution in [3.8, 4) is 0 Å². The van der Waals surface area contributed by atoms with Gasteiger partial charge < -0.3 is 10.1 Å². The first-order valence-electron chi connectivity index (χ1n) is 7.48. The lowest BCUT2D eigenvalue weighted by atomic mass is 9.80. The van der Waals surface area contributed by atoms with Crippen molar-refractivity contribution < 1.29 is 4.74 Å². The van der Waals surface area contributed by atoms with Crippen LogP contribution in [0.2, 0.25) is 0 Å². The van der Waals surface area contributed by atoms with Crippen LogP contribution in [0.15, 0.2) is 0 Å². The van der Waals surface area contributed by atoms with Gasteiger partial charge >= 0.3 is 0 Å². The van der Waals surface area contributed by atoms with Crippen molar-refractivity contribution in [3.63, 3.8) is 0 Å². The van der Waals surface area contributed by atoms with E-state index >= 15 is 0 Å². The highest BCUT2D eigenvalue weighted by molar-refractivity contribution is 7.99. The third-order valence-electron chi connectivity index (χ3n) is 4.58. The molecule has 0 radical (unpaired) electrons. The van der Waals surface area contributed by atoms with Crippen LogP contribution in [-0.2, 0) is 11.2 Å². The van der Waals surface area contributed by atoms with E-state index in [1.54, 1.807) is 11.5 Å². The molecule has 6 heteroatoms. The van der Waals surface area contributed by atoms with Gasteiger partial charge in [0.05, 0.1) is 16.2 Å². The lowest BCUT2D eigenvalue weighted by Gasteiger charge is -2.40. The summed E-state index contributed by atoms with van der Waals surface area (Å²) in [7, 11) is 2.06. The molecule has 2 aliphatic heterocycles. The molecule has 0 amide bonds. The maximum atomic E-state index is 6.15. The van der Waals surface area contributed by atoms with Crippen LogP contribution < -0.4 is 5.32 Å². The van der Waals surface area contributed by atoms with Gasteiger partial charge in [-0.25, -0.2) is 0 Å². The van der Waals surface area contributed by atoms with Gasteiger partial charge in [-0.2, -0.15) is 11.8 Å². The minimum Gasteiger partial charge on any atom is -0.374 e. The van der Waals surface area contributed by atoms with Gasteiger partial charge in [-0.05, 0) is 55.9 Å². The number of aromatic nitrogens is 2. The highest BCUT2D eigenvalue weighted by atomic mass is 32.2. The third kappa shape index (κ3) is 2.75. The summed E-state index contributed by atoms with van der Waals surface area (Å²) in [4.78, 5) is 1.34. The number of hydrogen-bond donors (Lipinski definition) is 1. The molecular weight excluding hydrogens is 290 g/mol. The summed E-state index contributed by atoms with van der Waals surface area (Å²) >= 11 is 3.60. The quantitative estimate of drug-likeness (QED) is 0.926. The molecule has 112 valence electrons. The number of ether oxygens (including phenoxy) is 1. The molecule has 0 aliphatic carbocycles. The standard InChI is InChI=1S/C14H23N3OS2/c1-3-11-13(20-17-16-11)12(15-2)10-4-6-18-14(8-10)5-7-19-9-14/h10,12,15H,3-9H2,1-2H3. The molecule has 2 aliphatic rings. The van der Waals surface area contributed by atoms with Gasteiger partial charge in [-0.3, -0.25) is 0 Å². The average Bonchev–Trinajstić information content (AvgIpc) is 3.10. The molecule has 3 heterocycles. The Morgan fingerprint density at radius 2 is 2.45 bits per heavy atom. The van der Waals surface area contributed by atoms with E-state index in [0.29, 0.717) is 12.0 Å². The van der Waals surface area contributed by atoms with Crippen molar-refractivity contribution in [2.45, 2.75) is 44.2 Å². The molecule has 0 bridgehead atoms. The van der Waals surface area contributed by atoms with Gasteiger partial charge in [0.2, 0.25) is 0 Å². The van der Waals surface area contributed by atoms with E-state index in [1.165, 1.54) is 29.2 Å². The van der Waals surface area contributed by atoms with Gasteiger partial charge in [0.1, 0.15) is 0 Å². The normalized spacial score (nSPS) is 31.8. The monoisotopic (exact) mass is 313 g/mol. The second-order valence-corrected chi connectivity index (χ2v) is 7.68. The average molecular weight is 313 g/mol. The van der Waals surface area contributed by atoms with Gasteiger partial charge in [0.15, 0.2) is 0 Å². The molecule has 20 heavy (non-hydrogen) atoms. The number of hydrogen-bond acceptors (Lipinski definition) is 6. The van der Waals surface area contributed by atoms with Crippen LogP contribution in [-0.4, -0.2) is 40.3 Å². The van der Waals surface area contributed by atoms with Crippen LogP contribution in [0.1, 0.15) is 42.8 Å². The van der Waals surface area contributed by atoms with Crippen molar-refractivity contribution in [1.82, 2.24) is 14.9 Å². The summed E-state index contributed by atoms with van der Waals surface area (Å²) < 4.78 is 10.3. The van der Waals surface area contributed by atoms with Gasteiger partial charge in [0.25, 0.3) is 0 Å². The second kappa shape index (κ2) is 6.30. The van der Waals surface area contributed by atoms with Crippen molar-refractivity contribution in [3.05, 3.63) is 10.6 Å². The summed E-state index contributed by atoms with van der Waals surface area (Å²) in [5.74, 6) is 3.06. The Bertz CT molecular complexity index is 445. The lowest BCUT2D eigenvalue weighted by Crippen LogP contribution is -2.43. The minimum absolute atomic E-state index is 0.146. The predicted molar refractivity (Wildman–Crippen MR) is 84.4 cm³/mol. The molecule has 1 aromatic heterocycles. The Morgan fingerprint density at radius 1 is 1.55 bits per heavy atom. The predicted octanol–water partition coefficient (Wildman–Crippen LogP) is 2.66. The van der Waals surface area contributed by atoms with Crippen molar-refractivity contribution >= 4 is 23.3 Å². The van der Waals surface area contributed by atoms with Crippen LogP contribution >= 0.6 is 23.3 Å². The summed E-state index contributed by atoms with van der Waals surface area (Å²) in [6.07, 6.45) is 4.49.